The quantitative estimate of drug-likeness (QED) is 0.394. The molecule has 1 aromatic carbocycles. The molecule has 0 amide bonds. The highest BCUT2D eigenvalue weighted by atomic mass is 16.6. The van der Waals surface area contributed by atoms with Gasteiger partial charge in [0.25, 0.3) is 0 Å². The van der Waals surface area contributed by atoms with Crippen LogP contribution in [0, 0.1) is 12.0 Å². The molecule has 0 atom stereocenters. The molecule has 0 spiro atoms. The molecule has 0 unspecified atom stereocenters. The Labute approximate surface area is 130 Å². The molecule has 1 aromatic rings. The first-order chi connectivity index (χ1) is 10.5. The van der Waals surface area contributed by atoms with E-state index in [9.17, 15) is 9.59 Å². The lowest BCUT2D eigenvalue weighted by molar-refractivity contribution is -0.161. The Kier molecular flexibility index (Phi) is 7.56. The number of hydrogen-bond donors (Lipinski definition) is 0. The maximum absolute atomic E-state index is 12.0. The molecule has 122 valence electrons. The minimum absolute atomic E-state index is 0.138. The van der Waals surface area contributed by atoms with Crippen LogP contribution in [-0.4, -0.2) is 46.0 Å². The summed E-state index contributed by atoms with van der Waals surface area (Å²) in [6, 6.07) is 8.54. The molecule has 0 saturated heterocycles. The summed E-state index contributed by atoms with van der Waals surface area (Å²) in [5.41, 5.74) is -0.477. The average molecular weight is 309 g/mol. The van der Waals surface area contributed by atoms with Gasteiger partial charge in [-0.05, 0) is 19.1 Å². The van der Waals surface area contributed by atoms with Gasteiger partial charge in [0, 0.05) is 20.8 Å². The van der Waals surface area contributed by atoms with Gasteiger partial charge < -0.3 is 18.9 Å². The van der Waals surface area contributed by atoms with Crippen molar-refractivity contribution < 1.29 is 28.5 Å². The van der Waals surface area contributed by atoms with Gasteiger partial charge >= 0.3 is 11.9 Å². The van der Waals surface area contributed by atoms with Crippen LogP contribution < -0.4 is 0 Å². The van der Waals surface area contributed by atoms with Gasteiger partial charge in [0.2, 0.25) is 0 Å². The van der Waals surface area contributed by atoms with E-state index in [0.29, 0.717) is 5.56 Å². The lowest BCUT2D eigenvalue weighted by atomic mass is 9.93. The van der Waals surface area contributed by atoms with Crippen LogP contribution in [0.5, 0.6) is 0 Å². The number of carbonyl (C=O) groups is 2. The molecule has 0 radical (unpaired) electrons. The zero-order chi connectivity index (χ0) is 16.4. The third kappa shape index (κ3) is 5.46. The van der Waals surface area contributed by atoms with E-state index < -0.39 is 17.4 Å². The fourth-order valence-electron chi connectivity index (χ4n) is 1.83. The Morgan fingerprint density at radius 3 is 2.23 bits per heavy atom. The van der Waals surface area contributed by atoms with Crippen LogP contribution in [0.4, 0.5) is 0 Å². The second-order valence-electron chi connectivity index (χ2n) is 4.96. The van der Waals surface area contributed by atoms with Gasteiger partial charge in [0.1, 0.15) is 5.41 Å². The molecule has 0 fully saturated rings. The fourth-order valence-corrected chi connectivity index (χ4v) is 1.83. The SMILES string of the molecule is COCC(C)(COC)C(=O)OC[CH-]OC(=O)c1ccccc1. The van der Waals surface area contributed by atoms with Crippen molar-refractivity contribution in [2.24, 2.45) is 5.41 Å². The van der Waals surface area contributed by atoms with E-state index in [-0.39, 0.29) is 19.8 Å². The normalized spacial score (nSPS) is 11.0. The van der Waals surface area contributed by atoms with Gasteiger partial charge in [-0.25, -0.2) is 4.79 Å². The van der Waals surface area contributed by atoms with E-state index in [1.54, 1.807) is 37.3 Å². The fraction of sp³-hybridized carbons (Fsp3) is 0.438. The van der Waals surface area contributed by atoms with E-state index >= 15 is 0 Å². The van der Waals surface area contributed by atoms with Gasteiger partial charge in [0.15, 0.2) is 0 Å². The van der Waals surface area contributed by atoms with Crippen LogP contribution in [0.1, 0.15) is 17.3 Å². The predicted molar refractivity (Wildman–Crippen MR) is 79.0 cm³/mol. The Morgan fingerprint density at radius 2 is 1.68 bits per heavy atom. The maximum Gasteiger partial charge on any atom is 0.313 e. The second kappa shape index (κ2) is 9.17. The summed E-state index contributed by atoms with van der Waals surface area (Å²) in [7, 11) is 2.99. The molecular weight excluding hydrogens is 288 g/mol. The number of benzene rings is 1. The average Bonchev–Trinajstić information content (AvgIpc) is 2.52. The van der Waals surface area contributed by atoms with Crippen molar-refractivity contribution in [3.63, 3.8) is 0 Å². The standard InChI is InChI=1S/C16H21O6/c1-16(11-19-2,12-20-3)15(18)22-10-9-21-14(17)13-7-5-4-6-8-13/h4-9H,10-12H2,1-3H3/q-1. The molecule has 0 heterocycles. The van der Waals surface area contributed by atoms with Crippen LogP contribution >= 0.6 is 0 Å². The minimum Gasteiger partial charge on any atom is -0.630 e. The molecule has 1 rings (SSSR count). The summed E-state index contributed by atoms with van der Waals surface area (Å²) in [6.45, 7) is 3.03. The van der Waals surface area contributed by atoms with Crippen LogP contribution in [-0.2, 0) is 23.7 Å². The highest BCUT2D eigenvalue weighted by Crippen LogP contribution is 2.19. The molecule has 0 bridgehead atoms. The largest absolute Gasteiger partial charge is 0.630 e. The topological polar surface area (TPSA) is 71.1 Å². The van der Waals surface area contributed by atoms with E-state index in [4.69, 9.17) is 18.9 Å². The zero-order valence-corrected chi connectivity index (χ0v) is 13.0. The van der Waals surface area contributed by atoms with E-state index in [0.717, 1.165) is 6.61 Å². The van der Waals surface area contributed by atoms with E-state index in [1.165, 1.54) is 14.2 Å². The molecule has 0 aliphatic heterocycles. The second-order valence-corrected chi connectivity index (χ2v) is 4.96. The zero-order valence-electron chi connectivity index (χ0n) is 13.0. The van der Waals surface area contributed by atoms with Crippen molar-refractivity contribution in [3.8, 4) is 0 Å². The first-order valence-electron chi connectivity index (χ1n) is 6.76. The molecule has 0 aromatic heterocycles. The van der Waals surface area contributed by atoms with Crippen molar-refractivity contribution in [1.82, 2.24) is 0 Å². The number of carbonyl (C=O) groups excluding carboxylic acids is 2. The van der Waals surface area contributed by atoms with Crippen molar-refractivity contribution >= 4 is 11.9 Å². The summed E-state index contributed by atoms with van der Waals surface area (Å²) in [5.74, 6) is -0.989. The van der Waals surface area contributed by atoms with Crippen LogP contribution in [0.2, 0.25) is 0 Å². The highest BCUT2D eigenvalue weighted by Gasteiger charge is 2.34. The summed E-state index contributed by atoms with van der Waals surface area (Å²) in [6.07, 6.45) is 0. The van der Waals surface area contributed by atoms with Gasteiger partial charge in [-0.15, -0.1) is 6.61 Å². The monoisotopic (exact) mass is 309 g/mol. The Morgan fingerprint density at radius 1 is 1.09 bits per heavy atom. The number of esters is 2. The van der Waals surface area contributed by atoms with Gasteiger partial charge in [-0.3, -0.25) is 4.79 Å². The minimum atomic E-state index is -0.902. The predicted octanol–water partition coefficient (Wildman–Crippen LogP) is 1.85. The molecule has 0 aliphatic carbocycles. The first-order valence-corrected chi connectivity index (χ1v) is 6.76. The van der Waals surface area contributed by atoms with Crippen molar-refractivity contribution in [3.05, 3.63) is 42.5 Å². The van der Waals surface area contributed by atoms with Crippen LogP contribution in [0.15, 0.2) is 30.3 Å². The van der Waals surface area contributed by atoms with Gasteiger partial charge in [0.05, 0.1) is 18.8 Å². The molecule has 0 saturated carbocycles. The van der Waals surface area contributed by atoms with Crippen molar-refractivity contribution in [2.75, 3.05) is 34.0 Å². The molecule has 0 aliphatic rings. The third-order valence-electron chi connectivity index (χ3n) is 2.90. The summed E-state index contributed by atoms with van der Waals surface area (Å²) >= 11 is 0. The van der Waals surface area contributed by atoms with Crippen molar-refractivity contribution in [1.29, 1.82) is 0 Å². The summed E-state index contributed by atoms with van der Waals surface area (Å²) in [4.78, 5) is 23.7. The lowest BCUT2D eigenvalue weighted by Crippen LogP contribution is -2.38. The third-order valence-corrected chi connectivity index (χ3v) is 2.90. The van der Waals surface area contributed by atoms with E-state index in [2.05, 4.69) is 0 Å². The number of ether oxygens (including phenoxy) is 4. The smallest absolute Gasteiger partial charge is 0.313 e. The maximum atomic E-state index is 12.0. The molecule has 6 nitrogen and oxygen atoms in total. The Hall–Kier alpha value is -1.92. The molecule has 22 heavy (non-hydrogen) atoms. The van der Waals surface area contributed by atoms with Crippen molar-refractivity contribution in [2.45, 2.75) is 6.92 Å². The Bertz CT molecular complexity index is 465. The summed E-state index contributed by atoms with van der Waals surface area (Å²) < 4.78 is 20.0. The summed E-state index contributed by atoms with van der Waals surface area (Å²) in [5, 5.41) is 0. The number of hydrogen-bond acceptors (Lipinski definition) is 6. The van der Waals surface area contributed by atoms with Crippen LogP contribution in [0.3, 0.4) is 0 Å². The molecule has 6 heteroatoms. The van der Waals surface area contributed by atoms with Crippen LogP contribution in [0.25, 0.3) is 0 Å². The first kappa shape index (κ1) is 18.1. The number of rotatable bonds is 9. The highest BCUT2D eigenvalue weighted by molar-refractivity contribution is 5.89. The van der Waals surface area contributed by atoms with E-state index in [1.807, 2.05) is 0 Å². The Balaban J connectivity index is 2.37. The lowest BCUT2D eigenvalue weighted by Gasteiger charge is -2.27. The molecule has 0 N–H and O–H groups in total. The van der Waals surface area contributed by atoms with Gasteiger partial charge in [-0.2, -0.15) is 0 Å². The number of methoxy groups -OCH3 is 2. The van der Waals surface area contributed by atoms with Gasteiger partial charge in [-0.1, -0.05) is 18.2 Å². The molecular formula is C16H21O6-.